The molecule has 0 fully saturated rings. The summed E-state index contributed by atoms with van der Waals surface area (Å²) in [4.78, 5) is 24.6. The van der Waals surface area contributed by atoms with Gasteiger partial charge in [-0.05, 0) is 24.3 Å². The average Bonchev–Trinajstić information content (AvgIpc) is 2.91. The molecule has 0 saturated heterocycles. The van der Waals surface area contributed by atoms with Gasteiger partial charge in [0.05, 0.1) is 30.0 Å². The molecular formula is C17H16N2O4S. The van der Waals surface area contributed by atoms with Crippen LogP contribution in [0.4, 0.5) is 5.69 Å². The topological polar surface area (TPSA) is 69.6 Å². The van der Waals surface area contributed by atoms with Crippen LogP contribution in [0.25, 0.3) is 10.1 Å². The smallest absolute Gasteiger partial charge is 0.268 e. The SMILES string of the molecule is COc1ccc(NC(=O)Cn2sc3ccccc3c2=O)c(OC)c1. The Morgan fingerprint density at radius 1 is 1.17 bits per heavy atom. The van der Waals surface area contributed by atoms with Crippen molar-refractivity contribution >= 4 is 33.2 Å². The number of fused-ring (bicyclic) bond motifs is 1. The molecule has 1 aromatic heterocycles. The Kier molecular flexibility index (Phi) is 4.52. The molecule has 6 nitrogen and oxygen atoms in total. The third-order valence-corrected chi connectivity index (χ3v) is 4.59. The van der Waals surface area contributed by atoms with Crippen molar-refractivity contribution in [2.45, 2.75) is 6.54 Å². The van der Waals surface area contributed by atoms with Crippen LogP contribution in [-0.4, -0.2) is 24.1 Å². The van der Waals surface area contributed by atoms with Crippen LogP contribution in [-0.2, 0) is 11.3 Å². The lowest BCUT2D eigenvalue weighted by molar-refractivity contribution is -0.116. The van der Waals surface area contributed by atoms with Crippen molar-refractivity contribution in [1.82, 2.24) is 3.96 Å². The third-order valence-electron chi connectivity index (χ3n) is 3.52. The van der Waals surface area contributed by atoms with Crippen molar-refractivity contribution in [3.63, 3.8) is 0 Å². The van der Waals surface area contributed by atoms with Crippen LogP contribution in [0.5, 0.6) is 11.5 Å². The molecular weight excluding hydrogens is 328 g/mol. The molecule has 0 unspecified atom stereocenters. The van der Waals surface area contributed by atoms with E-state index in [4.69, 9.17) is 9.47 Å². The Balaban J connectivity index is 1.80. The molecule has 124 valence electrons. The molecule has 0 spiro atoms. The van der Waals surface area contributed by atoms with E-state index in [-0.39, 0.29) is 18.0 Å². The number of nitrogens with zero attached hydrogens (tertiary/aromatic N) is 1. The van der Waals surface area contributed by atoms with E-state index >= 15 is 0 Å². The quantitative estimate of drug-likeness (QED) is 0.773. The summed E-state index contributed by atoms with van der Waals surface area (Å²) in [6.45, 7) is -0.0483. The number of anilines is 1. The number of benzene rings is 2. The van der Waals surface area contributed by atoms with E-state index in [1.165, 1.54) is 22.6 Å². The minimum Gasteiger partial charge on any atom is -0.497 e. The number of methoxy groups -OCH3 is 2. The van der Waals surface area contributed by atoms with Gasteiger partial charge in [0.15, 0.2) is 0 Å². The van der Waals surface area contributed by atoms with Crippen LogP contribution < -0.4 is 20.3 Å². The number of carbonyl (C=O) groups excluding carboxylic acids is 1. The highest BCUT2D eigenvalue weighted by Gasteiger charge is 2.13. The molecule has 3 rings (SSSR count). The highest BCUT2D eigenvalue weighted by molar-refractivity contribution is 7.13. The first-order valence-electron chi connectivity index (χ1n) is 7.23. The van der Waals surface area contributed by atoms with Crippen molar-refractivity contribution < 1.29 is 14.3 Å². The van der Waals surface area contributed by atoms with Crippen molar-refractivity contribution in [1.29, 1.82) is 0 Å². The molecule has 1 heterocycles. The number of carbonyl (C=O) groups is 1. The molecule has 24 heavy (non-hydrogen) atoms. The molecule has 1 N–H and O–H groups in total. The average molecular weight is 344 g/mol. The zero-order valence-electron chi connectivity index (χ0n) is 13.2. The summed E-state index contributed by atoms with van der Waals surface area (Å²) in [6, 6.07) is 12.4. The number of nitrogens with one attached hydrogen (secondary N) is 1. The third kappa shape index (κ3) is 3.11. The lowest BCUT2D eigenvalue weighted by atomic mass is 10.2. The van der Waals surface area contributed by atoms with Crippen molar-refractivity contribution in [3.8, 4) is 11.5 Å². The minimum absolute atomic E-state index is 0.0483. The predicted molar refractivity (Wildman–Crippen MR) is 94.3 cm³/mol. The lowest BCUT2D eigenvalue weighted by Gasteiger charge is -2.11. The molecule has 0 aliphatic rings. The number of aromatic nitrogens is 1. The molecule has 7 heteroatoms. The maximum Gasteiger partial charge on any atom is 0.268 e. The first-order chi connectivity index (χ1) is 11.6. The van der Waals surface area contributed by atoms with Gasteiger partial charge in [0, 0.05) is 6.07 Å². The number of hydrogen-bond donors (Lipinski definition) is 1. The number of hydrogen-bond acceptors (Lipinski definition) is 5. The van der Waals surface area contributed by atoms with Gasteiger partial charge < -0.3 is 14.8 Å². The van der Waals surface area contributed by atoms with Crippen molar-refractivity contribution in [3.05, 3.63) is 52.8 Å². The Morgan fingerprint density at radius 3 is 2.67 bits per heavy atom. The highest BCUT2D eigenvalue weighted by atomic mass is 32.1. The fourth-order valence-corrected chi connectivity index (χ4v) is 3.34. The summed E-state index contributed by atoms with van der Waals surface area (Å²) in [5, 5.41) is 3.38. The summed E-state index contributed by atoms with van der Waals surface area (Å²) in [5.74, 6) is 0.823. The van der Waals surface area contributed by atoms with Crippen molar-refractivity contribution in [2.24, 2.45) is 0 Å². The number of amides is 1. The zero-order chi connectivity index (χ0) is 17.1. The molecule has 0 atom stereocenters. The zero-order valence-corrected chi connectivity index (χ0v) is 14.1. The molecule has 0 bridgehead atoms. The first kappa shape index (κ1) is 16.1. The van der Waals surface area contributed by atoms with Crippen LogP contribution in [0.2, 0.25) is 0 Å². The van der Waals surface area contributed by atoms with Gasteiger partial charge in [-0.15, -0.1) is 0 Å². The Labute approximate surface area is 142 Å². The monoisotopic (exact) mass is 344 g/mol. The number of rotatable bonds is 5. The fourth-order valence-electron chi connectivity index (χ4n) is 2.34. The van der Waals surface area contributed by atoms with E-state index in [0.29, 0.717) is 22.6 Å². The maximum absolute atomic E-state index is 12.3. The van der Waals surface area contributed by atoms with Crippen LogP contribution in [0, 0.1) is 0 Å². The van der Waals surface area contributed by atoms with E-state index < -0.39 is 0 Å². The minimum atomic E-state index is -0.299. The van der Waals surface area contributed by atoms with Gasteiger partial charge in [-0.3, -0.25) is 13.5 Å². The van der Waals surface area contributed by atoms with E-state index in [9.17, 15) is 9.59 Å². The highest BCUT2D eigenvalue weighted by Crippen LogP contribution is 2.29. The summed E-state index contributed by atoms with van der Waals surface area (Å²) in [7, 11) is 3.07. The molecule has 0 aliphatic heterocycles. The molecule has 0 radical (unpaired) electrons. The Hall–Kier alpha value is -2.80. The van der Waals surface area contributed by atoms with Gasteiger partial charge in [-0.1, -0.05) is 23.7 Å². The Morgan fingerprint density at radius 2 is 1.96 bits per heavy atom. The summed E-state index contributed by atoms with van der Waals surface area (Å²) < 4.78 is 12.7. The van der Waals surface area contributed by atoms with Crippen LogP contribution in [0.3, 0.4) is 0 Å². The lowest BCUT2D eigenvalue weighted by Crippen LogP contribution is -2.23. The van der Waals surface area contributed by atoms with Gasteiger partial charge >= 0.3 is 0 Å². The summed E-state index contributed by atoms with van der Waals surface area (Å²) in [5.41, 5.74) is 0.366. The van der Waals surface area contributed by atoms with Gasteiger partial charge in [-0.25, -0.2) is 0 Å². The van der Waals surface area contributed by atoms with E-state index in [2.05, 4.69) is 5.32 Å². The molecule has 1 amide bonds. The summed E-state index contributed by atoms with van der Waals surface area (Å²) in [6.07, 6.45) is 0. The van der Waals surface area contributed by atoms with E-state index in [1.54, 1.807) is 31.4 Å². The Bertz CT molecular complexity index is 945. The second kappa shape index (κ2) is 6.76. The summed E-state index contributed by atoms with van der Waals surface area (Å²) >= 11 is 1.27. The molecule has 3 aromatic rings. The van der Waals surface area contributed by atoms with Crippen LogP contribution in [0.15, 0.2) is 47.3 Å². The second-order valence-corrected chi connectivity index (χ2v) is 6.11. The van der Waals surface area contributed by atoms with Crippen molar-refractivity contribution in [2.75, 3.05) is 19.5 Å². The molecule has 0 aliphatic carbocycles. The molecule has 0 saturated carbocycles. The van der Waals surface area contributed by atoms with E-state index in [1.807, 2.05) is 18.2 Å². The normalized spacial score (nSPS) is 10.6. The standard InChI is InChI=1S/C17H16N2O4S/c1-22-11-7-8-13(14(9-11)23-2)18-16(20)10-19-17(21)12-5-3-4-6-15(12)24-19/h3-9H,10H2,1-2H3,(H,18,20). The fraction of sp³-hybridized carbons (Fsp3) is 0.176. The van der Waals surface area contributed by atoms with Gasteiger partial charge in [-0.2, -0.15) is 0 Å². The van der Waals surface area contributed by atoms with Gasteiger partial charge in [0.25, 0.3) is 5.56 Å². The maximum atomic E-state index is 12.3. The number of ether oxygens (including phenoxy) is 2. The first-order valence-corrected chi connectivity index (χ1v) is 8.00. The second-order valence-electron chi connectivity index (χ2n) is 5.04. The largest absolute Gasteiger partial charge is 0.497 e. The van der Waals surface area contributed by atoms with Gasteiger partial charge in [0.1, 0.15) is 18.0 Å². The van der Waals surface area contributed by atoms with E-state index in [0.717, 1.165) is 4.70 Å². The predicted octanol–water partition coefficient (Wildman–Crippen LogP) is 2.72. The molecule has 2 aromatic carbocycles. The van der Waals surface area contributed by atoms with Crippen LogP contribution in [0.1, 0.15) is 0 Å². The van der Waals surface area contributed by atoms with Crippen LogP contribution >= 0.6 is 11.5 Å². The van der Waals surface area contributed by atoms with Gasteiger partial charge in [0.2, 0.25) is 5.91 Å².